The molecule has 11 nitrogen and oxygen atoms in total. The number of carbonyl (C=O) groups is 2. The zero-order valence-electron chi connectivity index (χ0n) is 21.7. The van der Waals surface area contributed by atoms with Crippen LogP contribution in [0.1, 0.15) is 65.5 Å². The highest BCUT2D eigenvalue weighted by Crippen LogP contribution is 2.18. The molecule has 1 atom stereocenters. The summed E-state index contributed by atoms with van der Waals surface area (Å²) < 4.78 is 20.1. The molecule has 0 aliphatic heterocycles. The fourth-order valence-electron chi connectivity index (χ4n) is 3.84. The van der Waals surface area contributed by atoms with Crippen LogP contribution in [0.15, 0.2) is 32.4 Å². The number of rotatable bonds is 10. The normalized spacial score (nSPS) is 12.6. The first-order chi connectivity index (χ1) is 16.9. The van der Waals surface area contributed by atoms with E-state index in [1.807, 2.05) is 0 Å². The quantitative estimate of drug-likeness (QED) is 0.306. The van der Waals surface area contributed by atoms with Gasteiger partial charge in [0.15, 0.2) is 17.9 Å². The Hall–Kier alpha value is -3.63. The fraction of sp³-hybridized carbons (Fsp3) is 0.560. The lowest BCUT2D eigenvalue weighted by molar-refractivity contribution is -0.156. The first-order valence-electron chi connectivity index (χ1n) is 12.0. The minimum absolute atomic E-state index is 0.0876. The molecule has 0 aliphatic carbocycles. The Kier molecular flexibility index (Phi) is 8.21. The Morgan fingerprint density at radius 1 is 1.14 bits per heavy atom. The molecule has 0 spiro atoms. The lowest BCUT2D eigenvalue weighted by atomic mass is 9.98. The van der Waals surface area contributed by atoms with E-state index in [9.17, 15) is 19.2 Å². The molecule has 196 valence electrons. The number of esters is 2. The van der Waals surface area contributed by atoms with E-state index in [4.69, 9.17) is 13.9 Å². The second-order valence-electron chi connectivity index (χ2n) is 9.89. The van der Waals surface area contributed by atoms with Gasteiger partial charge in [0.05, 0.1) is 24.3 Å². The molecule has 3 aromatic rings. The minimum Gasteiger partial charge on any atom is -0.467 e. The smallest absolute Gasteiger partial charge is 0.333 e. The van der Waals surface area contributed by atoms with E-state index >= 15 is 0 Å². The molecule has 0 aromatic carbocycles. The summed E-state index contributed by atoms with van der Waals surface area (Å²) in [7, 11) is 0. The average Bonchev–Trinajstić information content (AvgIpc) is 3.40. The summed E-state index contributed by atoms with van der Waals surface area (Å²) in [6.45, 7) is 10.1. The van der Waals surface area contributed by atoms with Crippen molar-refractivity contribution in [3.05, 3.63) is 50.8 Å². The van der Waals surface area contributed by atoms with E-state index in [-0.39, 0.29) is 43.1 Å². The van der Waals surface area contributed by atoms with Gasteiger partial charge in [0.2, 0.25) is 0 Å². The van der Waals surface area contributed by atoms with Crippen molar-refractivity contribution in [1.82, 2.24) is 18.7 Å². The number of aryl methyl sites for hydroxylation is 1. The van der Waals surface area contributed by atoms with Crippen LogP contribution < -0.4 is 11.2 Å². The maximum Gasteiger partial charge on any atom is 0.333 e. The van der Waals surface area contributed by atoms with Crippen LogP contribution in [0.3, 0.4) is 0 Å². The van der Waals surface area contributed by atoms with Crippen molar-refractivity contribution < 1.29 is 23.5 Å². The standard InChI is InChI=1S/C25H34N4O7/c1-16(36-18(3)30)10-7-8-12-27-22(31)20-21(28(24(27)33)14-19-11-9-13-34-19)26-17(2)29(20)15-35-23(32)25(4,5)6/h9,11,13,16H,7-8,10,12,14-15H2,1-6H3/t16-/m1/s1. The SMILES string of the molecule is CC(=O)O[C@H](C)CCCCn1c(=O)c2c(nc(C)n2COC(=O)C(C)(C)C)n(Cc2ccco2)c1=O. The number of ether oxygens (including phenoxy) is 2. The number of fused-ring (bicyclic) bond motifs is 1. The first kappa shape index (κ1) is 27.0. The predicted molar refractivity (Wildman–Crippen MR) is 131 cm³/mol. The molecular formula is C25H34N4O7. The molecule has 0 N–H and O–H groups in total. The number of unbranched alkanes of at least 4 members (excludes halogenated alkanes) is 1. The summed E-state index contributed by atoms with van der Waals surface area (Å²) in [6, 6.07) is 3.45. The summed E-state index contributed by atoms with van der Waals surface area (Å²) >= 11 is 0. The van der Waals surface area contributed by atoms with Crippen molar-refractivity contribution in [2.75, 3.05) is 0 Å². The Morgan fingerprint density at radius 2 is 1.86 bits per heavy atom. The minimum atomic E-state index is -0.713. The molecule has 0 radical (unpaired) electrons. The molecule has 0 saturated carbocycles. The molecule has 36 heavy (non-hydrogen) atoms. The van der Waals surface area contributed by atoms with Crippen LogP contribution in [0.25, 0.3) is 11.2 Å². The summed E-state index contributed by atoms with van der Waals surface area (Å²) in [4.78, 5) is 54.9. The second-order valence-corrected chi connectivity index (χ2v) is 9.89. The van der Waals surface area contributed by atoms with Gasteiger partial charge in [-0.2, -0.15) is 0 Å². The molecule has 0 fully saturated rings. The van der Waals surface area contributed by atoms with Crippen LogP contribution in [0, 0.1) is 12.3 Å². The van der Waals surface area contributed by atoms with Crippen molar-refractivity contribution >= 4 is 23.1 Å². The molecule has 0 unspecified atom stereocenters. The van der Waals surface area contributed by atoms with Gasteiger partial charge in [0, 0.05) is 13.5 Å². The van der Waals surface area contributed by atoms with E-state index in [1.165, 1.54) is 26.9 Å². The zero-order valence-corrected chi connectivity index (χ0v) is 21.7. The molecule has 3 rings (SSSR count). The molecule has 0 saturated heterocycles. The molecular weight excluding hydrogens is 468 g/mol. The predicted octanol–water partition coefficient (Wildman–Crippen LogP) is 2.98. The van der Waals surface area contributed by atoms with Gasteiger partial charge in [-0.05, 0) is 66.0 Å². The summed E-state index contributed by atoms with van der Waals surface area (Å²) in [6.07, 6.45) is 3.04. The van der Waals surface area contributed by atoms with Gasteiger partial charge in [-0.1, -0.05) is 0 Å². The molecule has 3 aromatic heterocycles. The fourth-order valence-corrected chi connectivity index (χ4v) is 3.84. The van der Waals surface area contributed by atoms with Gasteiger partial charge in [0.1, 0.15) is 11.6 Å². The maximum atomic E-state index is 13.5. The number of imidazole rings is 1. The van der Waals surface area contributed by atoms with Crippen molar-refractivity contribution in [3.8, 4) is 0 Å². The Morgan fingerprint density at radius 3 is 2.47 bits per heavy atom. The number of aromatic nitrogens is 4. The topological polar surface area (TPSA) is 128 Å². The third-order valence-corrected chi connectivity index (χ3v) is 5.75. The lowest BCUT2D eigenvalue weighted by Gasteiger charge is -2.17. The summed E-state index contributed by atoms with van der Waals surface area (Å²) in [5.41, 5.74) is -1.35. The molecule has 0 bridgehead atoms. The molecule has 0 aliphatic rings. The largest absolute Gasteiger partial charge is 0.467 e. The number of hydrogen-bond acceptors (Lipinski definition) is 8. The number of carbonyl (C=O) groups excluding carboxylic acids is 2. The van der Waals surface area contributed by atoms with Gasteiger partial charge < -0.3 is 13.9 Å². The highest BCUT2D eigenvalue weighted by atomic mass is 16.5. The lowest BCUT2D eigenvalue weighted by Crippen LogP contribution is -2.41. The summed E-state index contributed by atoms with van der Waals surface area (Å²) in [5, 5.41) is 0. The van der Waals surface area contributed by atoms with Crippen LogP contribution >= 0.6 is 0 Å². The van der Waals surface area contributed by atoms with E-state index in [1.54, 1.807) is 46.8 Å². The van der Waals surface area contributed by atoms with Crippen LogP contribution in [0.4, 0.5) is 0 Å². The Bertz CT molecular complexity index is 1340. The van der Waals surface area contributed by atoms with Crippen LogP contribution in [0.2, 0.25) is 0 Å². The Balaban J connectivity index is 1.99. The summed E-state index contributed by atoms with van der Waals surface area (Å²) in [5.74, 6) is 0.199. The zero-order chi connectivity index (χ0) is 26.6. The van der Waals surface area contributed by atoms with E-state index in [0.29, 0.717) is 30.8 Å². The van der Waals surface area contributed by atoms with Crippen molar-refractivity contribution in [2.24, 2.45) is 5.41 Å². The second kappa shape index (κ2) is 11.0. The maximum absolute atomic E-state index is 13.5. The van der Waals surface area contributed by atoms with E-state index < -0.39 is 22.6 Å². The molecule has 11 heteroatoms. The first-order valence-corrected chi connectivity index (χ1v) is 12.0. The van der Waals surface area contributed by atoms with Gasteiger partial charge in [-0.15, -0.1) is 0 Å². The number of hydrogen-bond donors (Lipinski definition) is 0. The monoisotopic (exact) mass is 502 g/mol. The van der Waals surface area contributed by atoms with Crippen molar-refractivity contribution in [3.63, 3.8) is 0 Å². The van der Waals surface area contributed by atoms with Gasteiger partial charge >= 0.3 is 17.6 Å². The van der Waals surface area contributed by atoms with Crippen LogP contribution in [-0.2, 0) is 38.9 Å². The van der Waals surface area contributed by atoms with E-state index in [2.05, 4.69) is 4.98 Å². The number of nitrogens with zero attached hydrogens (tertiary/aromatic N) is 4. The highest BCUT2D eigenvalue weighted by molar-refractivity contribution is 5.75. The Labute approximate surface area is 208 Å². The van der Waals surface area contributed by atoms with Gasteiger partial charge in [0.25, 0.3) is 5.56 Å². The van der Waals surface area contributed by atoms with Crippen LogP contribution in [-0.4, -0.2) is 36.7 Å². The highest BCUT2D eigenvalue weighted by Gasteiger charge is 2.25. The third-order valence-electron chi connectivity index (χ3n) is 5.75. The van der Waals surface area contributed by atoms with Crippen molar-refractivity contribution in [1.29, 1.82) is 0 Å². The third kappa shape index (κ3) is 6.13. The number of furan rings is 1. The van der Waals surface area contributed by atoms with Crippen LogP contribution in [0.5, 0.6) is 0 Å². The molecule has 0 amide bonds. The molecule has 3 heterocycles. The average molecular weight is 503 g/mol. The van der Waals surface area contributed by atoms with Crippen molar-refractivity contribution in [2.45, 2.75) is 86.7 Å². The van der Waals surface area contributed by atoms with Gasteiger partial charge in [-0.3, -0.25) is 28.1 Å². The van der Waals surface area contributed by atoms with Gasteiger partial charge in [-0.25, -0.2) is 9.78 Å². The van der Waals surface area contributed by atoms with E-state index in [0.717, 1.165) is 0 Å².